The van der Waals surface area contributed by atoms with E-state index in [0.717, 1.165) is 22.6 Å². The Hall–Kier alpha value is -0.590. The Balaban J connectivity index is 0. The first-order chi connectivity index (χ1) is 11.0. The fourth-order valence-electron chi connectivity index (χ4n) is 2.34. The van der Waals surface area contributed by atoms with Crippen LogP contribution in [0.4, 0.5) is 5.69 Å². The van der Waals surface area contributed by atoms with Crippen LogP contribution in [0.3, 0.4) is 0 Å². The van der Waals surface area contributed by atoms with Gasteiger partial charge >= 0.3 is 0 Å². The zero-order valence-electron chi connectivity index (χ0n) is 14.3. The molecular formula is C17H21Cl6N3O. The number of benzene rings is 2. The van der Waals surface area contributed by atoms with Gasteiger partial charge in [-0.2, -0.15) is 0 Å². The van der Waals surface area contributed by atoms with E-state index in [9.17, 15) is 0 Å². The van der Waals surface area contributed by atoms with Crippen LogP contribution in [0.2, 0.25) is 10.0 Å². The minimum atomic E-state index is -0.180. The van der Waals surface area contributed by atoms with Gasteiger partial charge in [0.2, 0.25) is 0 Å². The lowest BCUT2D eigenvalue weighted by Gasteiger charge is -2.21. The lowest BCUT2D eigenvalue weighted by molar-refractivity contribution is 0.281. The van der Waals surface area contributed by atoms with Crippen molar-refractivity contribution in [2.45, 2.75) is 26.1 Å². The predicted molar refractivity (Wildman–Crippen MR) is 124 cm³/mol. The molecule has 0 aromatic heterocycles. The Labute approximate surface area is 193 Å². The summed E-state index contributed by atoms with van der Waals surface area (Å²) in [6.45, 7) is 3.29. The summed E-state index contributed by atoms with van der Waals surface area (Å²) in [5.41, 5.74) is 8.79. The highest BCUT2D eigenvalue weighted by Crippen LogP contribution is 2.32. The van der Waals surface area contributed by atoms with E-state index in [4.69, 9.17) is 33.7 Å². The Morgan fingerprint density at radius 3 is 2.19 bits per heavy atom. The number of rotatable bonds is 4. The van der Waals surface area contributed by atoms with Crippen molar-refractivity contribution >= 4 is 84.4 Å². The molecule has 0 radical (unpaired) electrons. The average molecular weight is 496 g/mol. The number of fused-ring (bicyclic) bond motifs is 1. The Kier molecular flexibility index (Phi) is 13.6. The molecule has 1 atom stereocenters. The fourth-order valence-corrected chi connectivity index (χ4v) is 2.66. The van der Waals surface area contributed by atoms with Gasteiger partial charge in [0.15, 0.2) is 6.10 Å². The van der Waals surface area contributed by atoms with Gasteiger partial charge in [-0.25, -0.2) is 4.99 Å². The van der Waals surface area contributed by atoms with Crippen LogP contribution < -0.4 is 15.8 Å². The second kappa shape index (κ2) is 12.8. The molecule has 0 saturated heterocycles. The van der Waals surface area contributed by atoms with Crippen molar-refractivity contribution in [3.63, 3.8) is 0 Å². The number of ether oxygens (including phenoxy) is 1. The predicted octanol–water partition coefficient (Wildman–Crippen LogP) is 5.74. The Morgan fingerprint density at radius 1 is 0.963 bits per heavy atom. The molecule has 1 aliphatic heterocycles. The van der Waals surface area contributed by atoms with Crippen LogP contribution in [0, 0.1) is 0 Å². The Bertz CT molecular complexity index is 772. The molecule has 1 heterocycles. The van der Waals surface area contributed by atoms with E-state index in [2.05, 4.69) is 10.3 Å². The SMILES string of the molecule is CC1Oc2ccc(CNCc3ccc(Cl)c(Cl)c3)cc2N=C1N.Cl.Cl.Cl.Cl. The molecule has 0 bridgehead atoms. The smallest absolute Gasteiger partial charge is 0.153 e. The van der Waals surface area contributed by atoms with Crippen LogP contribution in [-0.2, 0) is 13.1 Å². The van der Waals surface area contributed by atoms with Gasteiger partial charge in [-0.05, 0) is 42.3 Å². The first kappa shape index (κ1) is 28.6. The van der Waals surface area contributed by atoms with Crippen molar-refractivity contribution in [1.82, 2.24) is 5.32 Å². The Morgan fingerprint density at radius 2 is 1.56 bits per heavy atom. The molecule has 152 valence electrons. The minimum Gasteiger partial charge on any atom is -0.481 e. The molecular weight excluding hydrogens is 475 g/mol. The highest BCUT2D eigenvalue weighted by molar-refractivity contribution is 6.42. The van der Waals surface area contributed by atoms with Crippen molar-refractivity contribution in [3.05, 3.63) is 57.6 Å². The fraction of sp³-hybridized carbons (Fsp3) is 0.235. The van der Waals surface area contributed by atoms with Gasteiger partial charge in [0, 0.05) is 13.1 Å². The van der Waals surface area contributed by atoms with Crippen molar-refractivity contribution in [2.24, 2.45) is 10.7 Å². The third-order valence-corrected chi connectivity index (χ3v) is 4.37. The number of amidine groups is 1. The third-order valence-electron chi connectivity index (χ3n) is 3.64. The quantitative estimate of drug-likeness (QED) is 0.568. The first-order valence-electron chi connectivity index (χ1n) is 7.31. The summed E-state index contributed by atoms with van der Waals surface area (Å²) in [4.78, 5) is 4.38. The number of nitrogens with zero attached hydrogens (tertiary/aromatic N) is 1. The van der Waals surface area contributed by atoms with E-state index in [0.29, 0.717) is 29.0 Å². The molecule has 2 aromatic carbocycles. The molecule has 0 amide bonds. The van der Waals surface area contributed by atoms with Crippen LogP contribution in [0.15, 0.2) is 41.4 Å². The molecule has 0 fully saturated rings. The largest absolute Gasteiger partial charge is 0.481 e. The van der Waals surface area contributed by atoms with Gasteiger partial charge in [0.05, 0.1) is 10.0 Å². The molecule has 0 aliphatic carbocycles. The highest BCUT2D eigenvalue weighted by Gasteiger charge is 2.18. The van der Waals surface area contributed by atoms with E-state index in [1.54, 1.807) is 6.07 Å². The normalized spacial score (nSPS) is 14.0. The summed E-state index contributed by atoms with van der Waals surface area (Å²) in [6.07, 6.45) is -0.180. The summed E-state index contributed by atoms with van der Waals surface area (Å²) < 4.78 is 5.69. The van der Waals surface area contributed by atoms with Gasteiger partial charge in [-0.15, -0.1) is 49.6 Å². The van der Waals surface area contributed by atoms with Crippen molar-refractivity contribution in [2.75, 3.05) is 0 Å². The molecule has 27 heavy (non-hydrogen) atoms. The van der Waals surface area contributed by atoms with Crippen molar-refractivity contribution < 1.29 is 4.74 Å². The first-order valence-corrected chi connectivity index (χ1v) is 8.07. The molecule has 10 heteroatoms. The van der Waals surface area contributed by atoms with Crippen molar-refractivity contribution in [1.29, 1.82) is 0 Å². The van der Waals surface area contributed by atoms with Crippen LogP contribution in [0.25, 0.3) is 0 Å². The second-order valence-corrected chi connectivity index (χ2v) is 6.27. The summed E-state index contributed by atoms with van der Waals surface area (Å²) in [5.74, 6) is 1.26. The van der Waals surface area contributed by atoms with Crippen LogP contribution in [0.5, 0.6) is 5.75 Å². The van der Waals surface area contributed by atoms with Crippen molar-refractivity contribution in [3.8, 4) is 5.75 Å². The minimum absolute atomic E-state index is 0. The van der Waals surface area contributed by atoms with Crippen LogP contribution >= 0.6 is 72.8 Å². The van der Waals surface area contributed by atoms with Gasteiger partial charge < -0.3 is 15.8 Å². The summed E-state index contributed by atoms with van der Waals surface area (Å²) in [5, 5.41) is 4.50. The topological polar surface area (TPSA) is 59.6 Å². The monoisotopic (exact) mass is 493 g/mol. The lowest BCUT2D eigenvalue weighted by Crippen LogP contribution is -2.33. The summed E-state index contributed by atoms with van der Waals surface area (Å²) in [7, 11) is 0. The zero-order valence-corrected chi connectivity index (χ0v) is 19.1. The molecule has 1 aliphatic rings. The number of aliphatic imine (C=N–C) groups is 1. The van der Waals surface area contributed by atoms with E-state index in [-0.39, 0.29) is 55.7 Å². The van der Waals surface area contributed by atoms with Crippen LogP contribution in [0.1, 0.15) is 18.1 Å². The van der Waals surface area contributed by atoms with E-state index in [1.165, 1.54) is 0 Å². The van der Waals surface area contributed by atoms with Gasteiger partial charge in [0.25, 0.3) is 0 Å². The summed E-state index contributed by atoms with van der Waals surface area (Å²) in [6, 6.07) is 11.5. The molecule has 2 aromatic rings. The number of hydrogen-bond acceptors (Lipinski definition) is 4. The number of nitrogens with one attached hydrogen (secondary N) is 1. The van der Waals surface area contributed by atoms with Gasteiger partial charge in [-0.1, -0.05) is 35.3 Å². The van der Waals surface area contributed by atoms with E-state index in [1.807, 2.05) is 37.3 Å². The number of nitrogens with two attached hydrogens (primary N) is 1. The zero-order chi connectivity index (χ0) is 16.4. The van der Waals surface area contributed by atoms with E-state index < -0.39 is 0 Å². The molecule has 1 unspecified atom stereocenters. The van der Waals surface area contributed by atoms with Gasteiger partial charge in [-0.3, -0.25) is 0 Å². The third kappa shape index (κ3) is 7.39. The summed E-state index contributed by atoms with van der Waals surface area (Å²) >= 11 is 11.9. The number of hydrogen-bond donors (Lipinski definition) is 2. The highest BCUT2D eigenvalue weighted by atomic mass is 35.5. The second-order valence-electron chi connectivity index (χ2n) is 5.45. The molecule has 0 spiro atoms. The maximum atomic E-state index is 6.01. The standard InChI is InChI=1S/C17H17Cl2N3O.4ClH/c1-10-17(20)22-15-7-12(3-5-16(15)23-10)9-21-8-11-2-4-13(18)14(19)6-11;;;;/h2-7,10,21H,8-9H2,1H3,(H2,20,22);4*1H. The maximum Gasteiger partial charge on any atom is 0.153 e. The number of halogens is 6. The molecule has 4 nitrogen and oxygen atoms in total. The van der Waals surface area contributed by atoms with Gasteiger partial charge in [0.1, 0.15) is 17.3 Å². The lowest BCUT2D eigenvalue weighted by atomic mass is 10.1. The molecule has 0 saturated carbocycles. The molecule has 3 N–H and O–H groups in total. The average Bonchev–Trinajstić information content (AvgIpc) is 2.52. The maximum absolute atomic E-state index is 6.01. The molecule has 3 rings (SSSR count). The van der Waals surface area contributed by atoms with E-state index >= 15 is 0 Å². The van der Waals surface area contributed by atoms with Crippen LogP contribution in [-0.4, -0.2) is 11.9 Å².